The highest BCUT2D eigenvalue weighted by atomic mass is 19.4. The molecule has 14 heteroatoms. The van der Waals surface area contributed by atoms with E-state index in [4.69, 9.17) is 15.2 Å². The number of pyridine rings is 2. The summed E-state index contributed by atoms with van der Waals surface area (Å²) in [5.74, 6) is -1.97. The first-order chi connectivity index (χ1) is 20.8. The second-order valence-corrected chi connectivity index (χ2v) is 10.4. The van der Waals surface area contributed by atoms with Crippen LogP contribution in [0.5, 0.6) is 11.6 Å². The third-order valence-electron chi connectivity index (χ3n) is 7.23. The van der Waals surface area contributed by atoms with Gasteiger partial charge in [-0.3, -0.25) is 9.59 Å². The molecule has 0 radical (unpaired) electrons. The summed E-state index contributed by atoms with van der Waals surface area (Å²) in [5, 5.41) is 17.8. The molecule has 3 heterocycles. The van der Waals surface area contributed by atoms with E-state index in [2.05, 4.69) is 15.4 Å². The first kappa shape index (κ1) is 30.7. The minimum absolute atomic E-state index is 0.0257. The molecule has 10 nitrogen and oxygen atoms in total. The molecule has 0 saturated heterocycles. The van der Waals surface area contributed by atoms with Crippen molar-refractivity contribution in [3.8, 4) is 22.9 Å². The van der Waals surface area contributed by atoms with Gasteiger partial charge in [-0.05, 0) is 62.2 Å². The largest absolute Gasteiger partial charge is 0.491 e. The van der Waals surface area contributed by atoms with E-state index < -0.39 is 48.1 Å². The van der Waals surface area contributed by atoms with Crippen LogP contribution in [-0.4, -0.2) is 58.0 Å². The monoisotopic (exact) mass is 615 g/mol. The zero-order chi connectivity index (χ0) is 31.8. The SMILES string of the molecule is CCOc1c(CC(N)=O)cc([C@@](O)(CNC(=O)c2cc(OC)n3nc(C4CC4)cc3c2)C(F)(F)F)nc1-c1ccc(F)cc1. The average Bonchev–Trinajstić information content (AvgIpc) is 3.74. The first-order valence-corrected chi connectivity index (χ1v) is 13.7. The third kappa shape index (κ3) is 6.02. The molecule has 4 aromatic rings. The van der Waals surface area contributed by atoms with Crippen LogP contribution in [-0.2, 0) is 16.8 Å². The van der Waals surface area contributed by atoms with E-state index in [1.807, 2.05) is 0 Å². The highest BCUT2D eigenvalue weighted by molar-refractivity contribution is 5.95. The molecule has 44 heavy (non-hydrogen) atoms. The number of nitrogens with one attached hydrogen (secondary N) is 1. The van der Waals surface area contributed by atoms with Crippen molar-refractivity contribution in [1.82, 2.24) is 19.9 Å². The lowest BCUT2D eigenvalue weighted by Crippen LogP contribution is -2.51. The van der Waals surface area contributed by atoms with Gasteiger partial charge >= 0.3 is 6.18 Å². The van der Waals surface area contributed by atoms with Crippen molar-refractivity contribution in [2.75, 3.05) is 20.3 Å². The molecule has 0 bridgehead atoms. The molecule has 1 atom stereocenters. The number of nitrogens with two attached hydrogens (primary N) is 1. The number of hydrogen-bond acceptors (Lipinski definition) is 7. The Bertz CT molecular complexity index is 1720. The summed E-state index contributed by atoms with van der Waals surface area (Å²) in [7, 11) is 1.37. The van der Waals surface area contributed by atoms with Crippen LogP contribution >= 0.6 is 0 Å². The normalized spacial score (nSPS) is 14.7. The van der Waals surface area contributed by atoms with E-state index >= 15 is 0 Å². The van der Waals surface area contributed by atoms with E-state index in [0.29, 0.717) is 11.4 Å². The van der Waals surface area contributed by atoms with Gasteiger partial charge in [0.25, 0.3) is 5.91 Å². The Morgan fingerprint density at radius 1 is 1.14 bits per heavy atom. The van der Waals surface area contributed by atoms with E-state index in [9.17, 15) is 32.3 Å². The molecule has 1 aromatic carbocycles. The van der Waals surface area contributed by atoms with E-state index in [-0.39, 0.29) is 40.6 Å². The number of benzene rings is 1. The number of alkyl halides is 3. The Morgan fingerprint density at radius 3 is 2.43 bits per heavy atom. The Morgan fingerprint density at radius 2 is 1.84 bits per heavy atom. The molecule has 5 rings (SSSR count). The topological polar surface area (TPSA) is 141 Å². The lowest BCUT2D eigenvalue weighted by Gasteiger charge is -2.31. The van der Waals surface area contributed by atoms with Crippen LogP contribution in [0.1, 0.15) is 53.0 Å². The van der Waals surface area contributed by atoms with Gasteiger partial charge in [-0.1, -0.05) is 0 Å². The molecule has 232 valence electrons. The smallest absolute Gasteiger partial charge is 0.424 e. The van der Waals surface area contributed by atoms with Crippen molar-refractivity contribution < 1.29 is 41.7 Å². The van der Waals surface area contributed by atoms with Crippen molar-refractivity contribution in [2.45, 2.75) is 43.9 Å². The quantitative estimate of drug-likeness (QED) is 0.217. The fraction of sp³-hybridized carbons (Fsp3) is 0.333. The van der Waals surface area contributed by atoms with Gasteiger partial charge in [0, 0.05) is 28.7 Å². The Hall–Kier alpha value is -4.72. The number of aliphatic hydroxyl groups is 1. The lowest BCUT2D eigenvalue weighted by atomic mass is 9.93. The maximum atomic E-state index is 14.6. The summed E-state index contributed by atoms with van der Waals surface area (Å²) in [6.07, 6.45) is -3.93. The van der Waals surface area contributed by atoms with Gasteiger partial charge in [0.15, 0.2) is 0 Å². The van der Waals surface area contributed by atoms with Gasteiger partial charge in [0.1, 0.15) is 17.3 Å². The minimum atomic E-state index is -5.35. The van der Waals surface area contributed by atoms with Crippen LogP contribution in [0.15, 0.2) is 48.5 Å². The van der Waals surface area contributed by atoms with Crippen molar-refractivity contribution in [2.24, 2.45) is 5.73 Å². The minimum Gasteiger partial charge on any atom is -0.491 e. The van der Waals surface area contributed by atoms with Crippen LogP contribution in [0, 0.1) is 5.82 Å². The molecule has 1 aliphatic rings. The number of carbonyl (C=O) groups excluding carboxylic acids is 2. The van der Waals surface area contributed by atoms with E-state index in [1.54, 1.807) is 13.0 Å². The second-order valence-electron chi connectivity index (χ2n) is 10.4. The summed E-state index contributed by atoms with van der Waals surface area (Å²) < 4.78 is 70.0. The van der Waals surface area contributed by atoms with Crippen LogP contribution in [0.3, 0.4) is 0 Å². The number of halogens is 4. The van der Waals surface area contributed by atoms with Gasteiger partial charge < -0.3 is 25.6 Å². The van der Waals surface area contributed by atoms with Crippen LogP contribution in [0.2, 0.25) is 0 Å². The number of amides is 2. The average molecular weight is 616 g/mol. The maximum absolute atomic E-state index is 14.6. The zero-order valence-corrected chi connectivity index (χ0v) is 23.7. The molecular weight excluding hydrogens is 586 g/mol. The lowest BCUT2D eigenvalue weighted by molar-refractivity contribution is -0.265. The first-order valence-electron chi connectivity index (χ1n) is 13.7. The molecule has 0 unspecified atom stereocenters. The van der Waals surface area contributed by atoms with Crippen LogP contribution < -0.4 is 20.5 Å². The Labute approximate surface area is 248 Å². The summed E-state index contributed by atoms with van der Waals surface area (Å²) in [5.41, 5.74) is 1.91. The van der Waals surface area contributed by atoms with Gasteiger partial charge in [-0.2, -0.15) is 18.3 Å². The fourth-order valence-corrected chi connectivity index (χ4v) is 4.82. The Kier molecular flexibility index (Phi) is 8.21. The van der Waals surface area contributed by atoms with Crippen molar-refractivity contribution >= 4 is 17.3 Å². The summed E-state index contributed by atoms with van der Waals surface area (Å²) in [6.45, 7) is 0.323. The van der Waals surface area contributed by atoms with Crippen LogP contribution in [0.25, 0.3) is 16.8 Å². The number of ether oxygens (including phenoxy) is 2. The predicted molar refractivity (Wildman–Crippen MR) is 150 cm³/mol. The molecule has 1 saturated carbocycles. The Balaban J connectivity index is 1.54. The molecule has 1 aliphatic carbocycles. The molecular formula is C30H29F4N5O5. The van der Waals surface area contributed by atoms with E-state index in [0.717, 1.165) is 36.7 Å². The molecule has 4 N–H and O–H groups in total. The highest BCUT2D eigenvalue weighted by Crippen LogP contribution is 2.42. The zero-order valence-electron chi connectivity index (χ0n) is 23.7. The number of fused-ring (bicyclic) bond motifs is 1. The third-order valence-corrected chi connectivity index (χ3v) is 7.23. The van der Waals surface area contributed by atoms with Gasteiger partial charge in [-0.25, -0.2) is 13.9 Å². The van der Waals surface area contributed by atoms with Crippen molar-refractivity contribution in [3.63, 3.8) is 0 Å². The predicted octanol–water partition coefficient (Wildman–Crippen LogP) is 4.03. The molecule has 0 aliphatic heterocycles. The molecule has 3 aromatic heterocycles. The van der Waals surface area contributed by atoms with Gasteiger partial charge in [0.05, 0.1) is 43.6 Å². The van der Waals surface area contributed by atoms with Gasteiger partial charge in [-0.15, -0.1) is 0 Å². The van der Waals surface area contributed by atoms with Gasteiger partial charge in [0.2, 0.25) is 17.4 Å². The number of rotatable bonds is 11. The highest BCUT2D eigenvalue weighted by Gasteiger charge is 2.56. The maximum Gasteiger partial charge on any atom is 0.424 e. The number of primary amides is 1. The van der Waals surface area contributed by atoms with Crippen LogP contribution in [0.4, 0.5) is 17.6 Å². The molecule has 0 spiro atoms. The summed E-state index contributed by atoms with van der Waals surface area (Å²) in [6, 6.07) is 10.1. The number of aromatic nitrogens is 3. The van der Waals surface area contributed by atoms with Crippen molar-refractivity contribution in [1.29, 1.82) is 0 Å². The standard InChI is InChI=1S/C30H29F4N5O5/c1-3-44-27-18(12-24(35)40)11-23(37-26(27)17-6-8-20(31)9-7-17)29(42,30(32,33)34)15-36-28(41)19-10-21-14-22(16-4-5-16)38-39(21)25(13-19)43-2/h6-11,13-14,16,42H,3-5,12,15H2,1-2H3,(H2,35,40)(H,36,41)/t29-/m0/s1. The summed E-state index contributed by atoms with van der Waals surface area (Å²) >= 11 is 0. The molecule has 2 amide bonds. The number of nitrogens with zero attached hydrogens (tertiary/aromatic N) is 3. The van der Waals surface area contributed by atoms with E-state index in [1.165, 1.54) is 35.9 Å². The molecule has 1 fully saturated rings. The number of methoxy groups -OCH3 is 1. The number of hydrogen-bond donors (Lipinski definition) is 3. The fourth-order valence-electron chi connectivity index (χ4n) is 4.82. The number of carbonyl (C=O) groups is 2. The summed E-state index contributed by atoms with van der Waals surface area (Å²) in [4.78, 5) is 29.1. The van der Waals surface area contributed by atoms with Crippen molar-refractivity contribution in [3.05, 3.63) is 76.9 Å². The second kappa shape index (κ2) is 11.8.